The van der Waals surface area contributed by atoms with Crippen molar-refractivity contribution in [1.82, 2.24) is 29.3 Å². The first-order chi connectivity index (χ1) is 15.1. The van der Waals surface area contributed by atoms with Crippen LogP contribution in [-0.2, 0) is 38.0 Å². The molecule has 0 spiro atoms. The number of nitrogens with one attached hydrogen (secondary N) is 1. The van der Waals surface area contributed by atoms with E-state index in [0.717, 1.165) is 42.7 Å². The lowest BCUT2D eigenvalue weighted by molar-refractivity contribution is -0.192. The Morgan fingerprint density at radius 3 is 2.62 bits per heavy atom. The van der Waals surface area contributed by atoms with Gasteiger partial charge in [-0.25, -0.2) is 14.8 Å². The summed E-state index contributed by atoms with van der Waals surface area (Å²) in [7, 11) is 1.87. The van der Waals surface area contributed by atoms with Crippen molar-refractivity contribution in [2.45, 2.75) is 32.4 Å². The van der Waals surface area contributed by atoms with E-state index < -0.39 is 12.1 Å². The Bertz CT molecular complexity index is 1060. The standard InChI is InChI=1S/C17H20N6OS.C2HF3O2/c1-21-5-2-3-14(21)17(24)20-10-13-9-19-15-11-22(6-7-23(13)15)12-16-18-4-8-25-16;3-2(4,5)1(6)7/h2-5,8-9H,6-7,10-12H2,1H3,(H,20,24);(H,6,7). The minimum atomic E-state index is -5.08. The highest BCUT2D eigenvalue weighted by molar-refractivity contribution is 7.09. The highest BCUT2D eigenvalue weighted by Crippen LogP contribution is 2.17. The third kappa shape index (κ3) is 5.95. The second-order valence-corrected chi connectivity index (χ2v) is 7.92. The first-order valence-electron chi connectivity index (χ1n) is 9.48. The summed E-state index contributed by atoms with van der Waals surface area (Å²) in [5.74, 6) is -1.78. The average Bonchev–Trinajstić information content (AvgIpc) is 3.47. The van der Waals surface area contributed by atoms with E-state index in [9.17, 15) is 18.0 Å². The molecule has 13 heteroatoms. The number of fused-ring (bicyclic) bond motifs is 1. The van der Waals surface area contributed by atoms with Crippen LogP contribution in [-0.4, -0.2) is 53.7 Å². The molecule has 0 fully saturated rings. The Morgan fingerprint density at radius 2 is 2.03 bits per heavy atom. The van der Waals surface area contributed by atoms with Gasteiger partial charge in [0.05, 0.1) is 31.5 Å². The number of carbonyl (C=O) groups excluding carboxylic acids is 1. The molecule has 9 nitrogen and oxygen atoms in total. The summed E-state index contributed by atoms with van der Waals surface area (Å²) in [6.45, 7) is 4.01. The van der Waals surface area contributed by atoms with Crippen molar-refractivity contribution >= 4 is 23.2 Å². The molecule has 0 saturated heterocycles. The Labute approximate surface area is 185 Å². The van der Waals surface area contributed by atoms with Gasteiger partial charge < -0.3 is 19.6 Å². The first kappa shape index (κ1) is 23.5. The van der Waals surface area contributed by atoms with Crippen molar-refractivity contribution in [2.75, 3.05) is 6.54 Å². The van der Waals surface area contributed by atoms with E-state index >= 15 is 0 Å². The molecule has 0 bridgehead atoms. The van der Waals surface area contributed by atoms with Crippen LogP contribution in [0.2, 0.25) is 0 Å². The van der Waals surface area contributed by atoms with E-state index in [2.05, 4.69) is 24.8 Å². The lowest BCUT2D eigenvalue weighted by atomic mass is 10.3. The number of hydrogen-bond donors (Lipinski definition) is 2. The summed E-state index contributed by atoms with van der Waals surface area (Å²) in [5.41, 5.74) is 1.71. The normalized spacial score (nSPS) is 13.8. The Hall–Kier alpha value is -3.19. The molecule has 0 saturated carbocycles. The fourth-order valence-corrected chi connectivity index (χ4v) is 3.79. The van der Waals surface area contributed by atoms with Gasteiger partial charge in [-0.3, -0.25) is 9.69 Å². The van der Waals surface area contributed by atoms with Crippen LogP contribution in [0.25, 0.3) is 0 Å². The van der Waals surface area contributed by atoms with Gasteiger partial charge in [0.1, 0.15) is 16.5 Å². The summed E-state index contributed by atoms with van der Waals surface area (Å²) in [6.07, 6.45) is 0.499. The zero-order chi connectivity index (χ0) is 23.3. The molecule has 0 aromatic carbocycles. The summed E-state index contributed by atoms with van der Waals surface area (Å²) >= 11 is 1.68. The van der Waals surface area contributed by atoms with Crippen LogP contribution in [0.15, 0.2) is 36.1 Å². The molecule has 1 amide bonds. The van der Waals surface area contributed by atoms with Crippen molar-refractivity contribution in [3.05, 3.63) is 58.3 Å². The van der Waals surface area contributed by atoms with Crippen molar-refractivity contribution in [2.24, 2.45) is 7.05 Å². The summed E-state index contributed by atoms with van der Waals surface area (Å²) in [4.78, 5) is 32.4. The average molecular weight is 470 g/mol. The molecule has 1 aliphatic rings. The second kappa shape index (κ2) is 9.96. The number of aromatic nitrogens is 4. The second-order valence-electron chi connectivity index (χ2n) is 6.94. The lowest BCUT2D eigenvalue weighted by Gasteiger charge is -2.27. The Kier molecular flexibility index (Phi) is 7.30. The lowest BCUT2D eigenvalue weighted by Crippen LogP contribution is -2.34. The third-order valence-corrected chi connectivity index (χ3v) is 5.48. The predicted molar refractivity (Wildman–Crippen MR) is 109 cm³/mol. The minimum absolute atomic E-state index is 0.0655. The number of halogens is 3. The highest BCUT2D eigenvalue weighted by atomic mass is 32.1. The fraction of sp³-hybridized carbons (Fsp3) is 0.368. The van der Waals surface area contributed by atoms with Crippen LogP contribution >= 0.6 is 11.3 Å². The monoisotopic (exact) mass is 470 g/mol. The van der Waals surface area contributed by atoms with Gasteiger partial charge in [-0.2, -0.15) is 13.2 Å². The van der Waals surface area contributed by atoms with Gasteiger partial charge in [0.15, 0.2) is 0 Å². The number of aryl methyl sites for hydroxylation is 1. The van der Waals surface area contributed by atoms with Gasteiger partial charge in [0, 0.05) is 37.9 Å². The molecular weight excluding hydrogens is 449 g/mol. The largest absolute Gasteiger partial charge is 0.490 e. The van der Waals surface area contributed by atoms with Gasteiger partial charge in [0.2, 0.25) is 0 Å². The first-order valence-corrected chi connectivity index (χ1v) is 10.4. The third-order valence-electron chi connectivity index (χ3n) is 4.72. The predicted octanol–water partition coefficient (Wildman–Crippen LogP) is 2.26. The zero-order valence-electron chi connectivity index (χ0n) is 17.0. The molecule has 2 N–H and O–H groups in total. The van der Waals surface area contributed by atoms with Crippen molar-refractivity contribution in [3.8, 4) is 0 Å². The molecule has 0 atom stereocenters. The number of rotatable bonds is 5. The maximum absolute atomic E-state index is 12.2. The SMILES string of the molecule is Cn1cccc1C(=O)NCc1cnc2n1CCN(Cc1nccs1)C2.O=C(O)C(F)(F)F. The maximum Gasteiger partial charge on any atom is 0.490 e. The summed E-state index contributed by atoms with van der Waals surface area (Å²) in [5, 5.41) is 13.3. The molecule has 1 aliphatic heterocycles. The number of thiazole rings is 1. The molecule has 0 unspecified atom stereocenters. The van der Waals surface area contributed by atoms with Gasteiger partial charge in [-0.05, 0) is 12.1 Å². The maximum atomic E-state index is 12.2. The van der Waals surface area contributed by atoms with E-state index in [1.54, 1.807) is 11.3 Å². The van der Waals surface area contributed by atoms with Gasteiger partial charge in [-0.15, -0.1) is 11.3 Å². The number of carbonyl (C=O) groups is 2. The quantitative estimate of drug-likeness (QED) is 0.593. The number of hydrogen-bond acceptors (Lipinski definition) is 6. The fourth-order valence-electron chi connectivity index (χ4n) is 3.13. The van der Waals surface area contributed by atoms with Crippen LogP contribution < -0.4 is 5.32 Å². The Balaban J connectivity index is 0.000000360. The topological polar surface area (TPSA) is 105 Å². The van der Waals surface area contributed by atoms with E-state index in [-0.39, 0.29) is 5.91 Å². The number of aliphatic carboxylic acids is 1. The molecule has 0 aliphatic carbocycles. The smallest absolute Gasteiger partial charge is 0.475 e. The number of amides is 1. The molecule has 172 valence electrons. The number of imidazole rings is 1. The Morgan fingerprint density at radius 1 is 1.28 bits per heavy atom. The van der Waals surface area contributed by atoms with Gasteiger partial charge in [0.25, 0.3) is 5.91 Å². The van der Waals surface area contributed by atoms with Gasteiger partial charge in [-0.1, -0.05) is 0 Å². The number of carboxylic acids is 1. The zero-order valence-corrected chi connectivity index (χ0v) is 17.9. The summed E-state index contributed by atoms with van der Waals surface area (Å²) < 4.78 is 35.8. The highest BCUT2D eigenvalue weighted by Gasteiger charge is 2.38. The number of alkyl halides is 3. The molecule has 3 aromatic rings. The number of nitrogens with zero attached hydrogens (tertiary/aromatic N) is 5. The molecule has 4 rings (SSSR count). The summed E-state index contributed by atoms with van der Waals surface area (Å²) in [6, 6.07) is 3.68. The van der Waals surface area contributed by atoms with E-state index in [1.807, 2.05) is 47.7 Å². The van der Waals surface area contributed by atoms with Crippen LogP contribution in [0.4, 0.5) is 13.2 Å². The van der Waals surface area contributed by atoms with Crippen LogP contribution in [0, 0.1) is 0 Å². The van der Waals surface area contributed by atoms with E-state index in [4.69, 9.17) is 9.90 Å². The van der Waals surface area contributed by atoms with Crippen LogP contribution in [0.5, 0.6) is 0 Å². The molecule has 32 heavy (non-hydrogen) atoms. The van der Waals surface area contributed by atoms with Crippen molar-refractivity contribution in [1.29, 1.82) is 0 Å². The molecule has 4 heterocycles. The van der Waals surface area contributed by atoms with Crippen molar-refractivity contribution in [3.63, 3.8) is 0 Å². The molecule has 3 aromatic heterocycles. The molecular formula is C19H21F3N6O3S. The minimum Gasteiger partial charge on any atom is -0.475 e. The van der Waals surface area contributed by atoms with Crippen LogP contribution in [0.3, 0.4) is 0 Å². The van der Waals surface area contributed by atoms with Gasteiger partial charge >= 0.3 is 12.1 Å². The van der Waals surface area contributed by atoms with Crippen LogP contribution in [0.1, 0.15) is 27.0 Å². The van der Waals surface area contributed by atoms with E-state index in [0.29, 0.717) is 12.2 Å². The number of carboxylic acid groups (broad SMARTS) is 1. The molecule has 0 radical (unpaired) electrons. The van der Waals surface area contributed by atoms with E-state index in [1.165, 1.54) is 0 Å². The van der Waals surface area contributed by atoms with Crippen molar-refractivity contribution < 1.29 is 27.9 Å².